The highest BCUT2D eigenvalue weighted by Crippen LogP contribution is 2.22. The molecule has 3 heterocycles. The van der Waals surface area contributed by atoms with Crippen LogP contribution in [0.3, 0.4) is 0 Å². The number of rotatable bonds is 7. The Hall–Kier alpha value is -3.39. The van der Waals surface area contributed by atoms with E-state index in [1.54, 1.807) is 30.7 Å². The fourth-order valence-corrected chi connectivity index (χ4v) is 3.66. The minimum atomic E-state index is -0.163. The Morgan fingerprint density at radius 3 is 2.80 bits per heavy atom. The normalized spacial score (nSPS) is 12.2. The molecule has 4 rings (SSSR count). The second-order valence-corrected chi connectivity index (χ2v) is 8.51. The number of imidazole rings is 1. The lowest BCUT2D eigenvalue weighted by Gasteiger charge is -2.09. The van der Waals surface area contributed by atoms with Crippen molar-refractivity contribution in [3.63, 3.8) is 0 Å². The van der Waals surface area contributed by atoms with E-state index in [0.717, 1.165) is 12.1 Å². The van der Waals surface area contributed by atoms with Crippen LogP contribution in [0.1, 0.15) is 22.8 Å². The highest BCUT2D eigenvalue weighted by Gasteiger charge is 2.15. The zero-order valence-electron chi connectivity index (χ0n) is 16.8. The standard InChI is InChI=1S/C22H23N5O2S/c1-3-30(2)27-16-8-6-15(7-9-16)10-12-24-22(28)17-11-13-23-21-19(17)25-20(26-21)18-5-4-14-29-18/h3-9,11,13-14,27H,10,12H2,1-2H3,(H,24,28)(H,23,25,26). The van der Waals surface area contributed by atoms with Gasteiger partial charge in [0, 0.05) is 18.4 Å². The summed E-state index contributed by atoms with van der Waals surface area (Å²) in [4.78, 5) is 24.5. The van der Waals surface area contributed by atoms with E-state index < -0.39 is 0 Å². The molecule has 8 heteroatoms. The van der Waals surface area contributed by atoms with E-state index in [-0.39, 0.29) is 16.6 Å². The van der Waals surface area contributed by atoms with Gasteiger partial charge < -0.3 is 19.4 Å². The number of benzene rings is 1. The van der Waals surface area contributed by atoms with Crippen molar-refractivity contribution in [1.82, 2.24) is 20.3 Å². The number of carbonyl (C=O) groups excluding carboxylic acids is 1. The second-order valence-electron chi connectivity index (χ2n) is 6.72. The Kier molecular flexibility index (Phi) is 5.94. The van der Waals surface area contributed by atoms with Gasteiger partial charge >= 0.3 is 0 Å². The molecule has 4 aromatic rings. The van der Waals surface area contributed by atoms with Gasteiger partial charge in [-0.1, -0.05) is 12.1 Å². The lowest BCUT2D eigenvalue weighted by atomic mass is 10.1. The molecule has 0 bridgehead atoms. The van der Waals surface area contributed by atoms with Gasteiger partial charge in [-0.2, -0.15) is 0 Å². The van der Waals surface area contributed by atoms with Crippen LogP contribution in [0.25, 0.3) is 22.7 Å². The van der Waals surface area contributed by atoms with Crippen LogP contribution in [0.2, 0.25) is 0 Å². The van der Waals surface area contributed by atoms with Gasteiger partial charge in [0.05, 0.1) is 17.3 Å². The van der Waals surface area contributed by atoms with Crippen LogP contribution in [0.5, 0.6) is 0 Å². The molecule has 1 amide bonds. The summed E-state index contributed by atoms with van der Waals surface area (Å²) < 4.78 is 8.80. The topological polar surface area (TPSA) is 95.8 Å². The predicted octanol–water partition coefficient (Wildman–Crippen LogP) is 4.24. The average molecular weight is 422 g/mol. The van der Waals surface area contributed by atoms with Gasteiger partial charge in [0.15, 0.2) is 17.2 Å². The number of nitrogens with zero attached hydrogens (tertiary/aromatic N) is 2. The molecule has 3 aromatic heterocycles. The van der Waals surface area contributed by atoms with Gasteiger partial charge in [-0.15, -0.1) is 10.7 Å². The molecule has 0 radical (unpaired) electrons. The van der Waals surface area contributed by atoms with Crippen LogP contribution in [-0.4, -0.2) is 39.0 Å². The monoisotopic (exact) mass is 421 g/mol. The molecule has 0 saturated carbocycles. The van der Waals surface area contributed by atoms with Gasteiger partial charge in [-0.05, 0) is 60.9 Å². The van der Waals surface area contributed by atoms with Crippen molar-refractivity contribution in [2.75, 3.05) is 17.5 Å². The number of aromatic nitrogens is 3. The number of hydrogen-bond acceptors (Lipinski definition) is 5. The number of anilines is 1. The summed E-state index contributed by atoms with van der Waals surface area (Å²) in [5, 5.41) is 5.12. The molecule has 1 aromatic carbocycles. The fourth-order valence-electron chi connectivity index (χ4n) is 3.03. The van der Waals surface area contributed by atoms with Crippen molar-refractivity contribution in [2.24, 2.45) is 0 Å². The Morgan fingerprint density at radius 2 is 2.07 bits per heavy atom. The predicted molar refractivity (Wildman–Crippen MR) is 123 cm³/mol. The summed E-state index contributed by atoms with van der Waals surface area (Å²) in [5.74, 6) is 0.986. The van der Waals surface area contributed by atoms with Crippen LogP contribution < -0.4 is 10.0 Å². The lowest BCUT2D eigenvalue weighted by molar-refractivity contribution is 0.0955. The van der Waals surface area contributed by atoms with E-state index >= 15 is 0 Å². The van der Waals surface area contributed by atoms with Gasteiger partial charge in [-0.25, -0.2) is 9.97 Å². The van der Waals surface area contributed by atoms with Crippen LogP contribution in [-0.2, 0) is 6.42 Å². The first-order chi connectivity index (χ1) is 14.6. The maximum atomic E-state index is 12.7. The van der Waals surface area contributed by atoms with Crippen molar-refractivity contribution >= 4 is 38.8 Å². The largest absolute Gasteiger partial charge is 0.461 e. The van der Waals surface area contributed by atoms with Crippen molar-refractivity contribution in [2.45, 2.75) is 13.3 Å². The molecule has 0 aliphatic heterocycles. The Balaban J connectivity index is 1.40. The summed E-state index contributed by atoms with van der Waals surface area (Å²) in [6.07, 6.45) is 6.05. The Labute approximate surface area is 177 Å². The molecule has 154 valence electrons. The first-order valence-electron chi connectivity index (χ1n) is 9.60. The SMILES string of the molecule is C/C=S(\C)Nc1ccc(CCNC(=O)c2ccnc3nc(-c4ccco4)[nH]c23)cc1. The summed E-state index contributed by atoms with van der Waals surface area (Å²) in [5.41, 5.74) is 3.85. The van der Waals surface area contributed by atoms with Gasteiger partial charge in [-0.3, -0.25) is 4.79 Å². The molecule has 0 aliphatic carbocycles. The number of fused-ring (bicyclic) bond motifs is 1. The van der Waals surface area contributed by atoms with E-state index in [9.17, 15) is 4.79 Å². The number of pyridine rings is 1. The molecule has 1 unspecified atom stereocenters. The first kappa shape index (κ1) is 19.9. The third-order valence-electron chi connectivity index (χ3n) is 4.68. The van der Waals surface area contributed by atoms with Gasteiger partial charge in [0.25, 0.3) is 5.91 Å². The van der Waals surface area contributed by atoms with E-state index in [1.807, 2.05) is 6.92 Å². The third kappa shape index (κ3) is 4.44. The van der Waals surface area contributed by atoms with Gasteiger partial charge in [0.1, 0.15) is 0 Å². The van der Waals surface area contributed by atoms with E-state index in [4.69, 9.17) is 4.42 Å². The minimum Gasteiger partial charge on any atom is -0.461 e. The summed E-state index contributed by atoms with van der Waals surface area (Å²) in [6, 6.07) is 13.6. The zero-order valence-corrected chi connectivity index (χ0v) is 17.6. The summed E-state index contributed by atoms with van der Waals surface area (Å²) in [7, 11) is 0.0617. The van der Waals surface area contributed by atoms with Crippen LogP contribution in [0.4, 0.5) is 5.69 Å². The minimum absolute atomic E-state index is 0.0617. The van der Waals surface area contributed by atoms with Crippen LogP contribution >= 0.6 is 10.7 Å². The molecule has 3 N–H and O–H groups in total. The summed E-state index contributed by atoms with van der Waals surface area (Å²) in [6.45, 7) is 2.58. The molecule has 0 saturated heterocycles. The molecular weight excluding hydrogens is 398 g/mol. The molecule has 30 heavy (non-hydrogen) atoms. The number of furan rings is 1. The van der Waals surface area contributed by atoms with E-state index in [2.05, 4.69) is 60.9 Å². The van der Waals surface area contributed by atoms with Crippen molar-refractivity contribution < 1.29 is 9.21 Å². The molecular formula is C22H23N5O2S. The van der Waals surface area contributed by atoms with Crippen LogP contribution in [0, 0.1) is 0 Å². The Morgan fingerprint density at radius 1 is 1.23 bits per heavy atom. The number of hydrogen-bond donors (Lipinski definition) is 3. The number of H-pyrrole nitrogens is 1. The molecule has 7 nitrogen and oxygen atoms in total. The Bertz CT molecular complexity index is 1180. The highest BCUT2D eigenvalue weighted by atomic mass is 32.2. The zero-order chi connectivity index (χ0) is 20.9. The van der Waals surface area contributed by atoms with Crippen molar-refractivity contribution in [3.05, 3.63) is 66.1 Å². The maximum absolute atomic E-state index is 12.7. The number of aromatic amines is 1. The van der Waals surface area contributed by atoms with Crippen molar-refractivity contribution in [1.29, 1.82) is 0 Å². The molecule has 0 aliphatic rings. The molecule has 0 spiro atoms. The number of amides is 1. The fraction of sp³-hybridized carbons (Fsp3) is 0.182. The quantitative estimate of drug-likeness (QED) is 0.388. The van der Waals surface area contributed by atoms with Gasteiger partial charge in [0.2, 0.25) is 0 Å². The molecule has 0 fully saturated rings. The van der Waals surface area contributed by atoms with Crippen molar-refractivity contribution in [3.8, 4) is 11.6 Å². The third-order valence-corrected chi connectivity index (χ3v) is 5.94. The summed E-state index contributed by atoms with van der Waals surface area (Å²) >= 11 is 0. The molecule has 1 atom stereocenters. The van der Waals surface area contributed by atoms with E-state index in [1.165, 1.54) is 5.56 Å². The first-order valence-corrected chi connectivity index (χ1v) is 11.3. The lowest BCUT2D eigenvalue weighted by Crippen LogP contribution is -2.26. The smallest absolute Gasteiger partial charge is 0.253 e. The highest BCUT2D eigenvalue weighted by molar-refractivity contribution is 8.15. The second kappa shape index (κ2) is 8.96. The van der Waals surface area contributed by atoms with E-state index in [0.29, 0.717) is 34.9 Å². The number of nitrogens with one attached hydrogen (secondary N) is 3. The van der Waals surface area contributed by atoms with Crippen LogP contribution in [0.15, 0.2) is 59.3 Å². The average Bonchev–Trinajstić information content (AvgIpc) is 3.44. The maximum Gasteiger partial charge on any atom is 0.253 e. The number of carbonyl (C=O) groups is 1.